The summed E-state index contributed by atoms with van der Waals surface area (Å²) in [6, 6.07) is 11.8. The zero-order chi connectivity index (χ0) is 24.3. The van der Waals surface area contributed by atoms with Gasteiger partial charge < -0.3 is 15.0 Å². The molecule has 1 aromatic heterocycles. The molecule has 1 atom stereocenters. The van der Waals surface area contributed by atoms with Crippen LogP contribution in [0.2, 0.25) is 0 Å². The van der Waals surface area contributed by atoms with Crippen molar-refractivity contribution in [3.8, 4) is 5.75 Å². The highest BCUT2D eigenvalue weighted by Gasteiger charge is 2.29. The standard InChI is InChI=1S/C25H32N4O4S/c1-17(2)23(24-26-20-10-6-7-11-21(20)27-24)28-25(30)19-16-18(12-13-22(19)33-3)34(31,32)29-14-8-4-5-9-15-29/h6-7,10-13,16-17,23H,4-5,8-9,14-15H2,1-3H3,(H,26,27)(H,28,30)/t23-/m0/s1. The van der Waals surface area contributed by atoms with Crippen LogP contribution < -0.4 is 10.1 Å². The predicted octanol–water partition coefficient (Wildman–Crippen LogP) is 4.26. The Labute approximate surface area is 200 Å². The summed E-state index contributed by atoms with van der Waals surface area (Å²) in [5, 5.41) is 3.03. The summed E-state index contributed by atoms with van der Waals surface area (Å²) in [4.78, 5) is 21.4. The van der Waals surface area contributed by atoms with Crippen LogP contribution in [0.15, 0.2) is 47.4 Å². The van der Waals surface area contributed by atoms with Crippen LogP contribution in [-0.2, 0) is 10.0 Å². The van der Waals surface area contributed by atoms with Crippen molar-refractivity contribution < 1.29 is 17.9 Å². The van der Waals surface area contributed by atoms with Crippen molar-refractivity contribution in [2.75, 3.05) is 20.2 Å². The number of nitrogens with zero attached hydrogens (tertiary/aromatic N) is 2. The lowest BCUT2D eigenvalue weighted by Gasteiger charge is -2.22. The average molecular weight is 485 g/mol. The van der Waals surface area contributed by atoms with Gasteiger partial charge in [0.15, 0.2) is 0 Å². The molecule has 8 nitrogen and oxygen atoms in total. The Morgan fingerprint density at radius 2 is 1.79 bits per heavy atom. The van der Waals surface area contributed by atoms with E-state index in [1.54, 1.807) is 6.07 Å². The Hall–Kier alpha value is -2.91. The van der Waals surface area contributed by atoms with Crippen LogP contribution in [0.1, 0.15) is 61.8 Å². The van der Waals surface area contributed by atoms with E-state index in [0.717, 1.165) is 36.7 Å². The largest absolute Gasteiger partial charge is 0.496 e. The third-order valence-corrected chi connectivity index (χ3v) is 8.17. The number of imidazole rings is 1. The van der Waals surface area contributed by atoms with Crippen LogP contribution in [0, 0.1) is 5.92 Å². The average Bonchev–Trinajstić information content (AvgIpc) is 3.05. The van der Waals surface area contributed by atoms with E-state index < -0.39 is 22.0 Å². The molecular formula is C25H32N4O4S. The molecule has 0 unspecified atom stereocenters. The van der Waals surface area contributed by atoms with Crippen LogP contribution in [0.25, 0.3) is 11.0 Å². The number of rotatable bonds is 7. The first kappa shape index (κ1) is 24.2. The molecule has 1 fully saturated rings. The highest BCUT2D eigenvalue weighted by Crippen LogP contribution is 2.28. The third-order valence-electron chi connectivity index (χ3n) is 6.27. The SMILES string of the molecule is COc1ccc(S(=O)(=O)N2CCCCCC2)cc1C(=O)N[C@H](c1nc2ccccc2[nH]1)C(C)C. The molecule has 1 aliphatic rings. The Kier molecular flexibility index (Phi) is 7.23. The lowest BCUT2D eigenvalue weighted by Crippen LogP contribution is -2.34. The van der Waals surface area contributed by atoms with Crippen molar-refractivity contribution in [1.82, 2.24) is 19.6 Å². The number of para-hydroxylation sites is 2. The zero-order valence-corrected chi connectivity index (χ0v) is 20.7. The van der Waals surface area contributed by atoms with Crippen LogP contribution in [-0.4, -0.2) is 48.8 Å². The van der Waals surface area contributed by atoms with Gasteiger partial charge in [0, 0.05) is 13.1 Å². The van der Waals surface area contributed by atoms with Gasteiger partial charge in [-0.3, -0.25) is 4.79 Å². The van der Waals surface area contributed by atoms with Crippen molar-refractivity contribution in [1.29, 1.82) is 0 Å². The lowest BCUT2D eigenvalue weighted by molar-refractivity contribution is 0.0920. The summed E-state index contributed by atoms with van der Waals surface area (Å²) in [5.41, 5.74) is 1.89. The number of aromatic amines is 1. The second-order valence-electron chi connectivity index (χ2n) is 9.01. The Balaban J connectivity index is 1.64. The number of hydrogen-bond acceptors (Lipinski definition) is 5. The van der Waals surface area contributed by atoms with Gasteiger partial charge in [0.1, 0.15) is 11.6 Å². The van der Waals surface area contributed by atoms with Gasteiger partial charge in [0.2, 0.25) is 10.0 Å². The molecule has 34 heavy (non-hydrogen) atoms. The summed E-state index contributed by atoms with van der Waals surface area (Å²) in [6.07, 6.45) is 3.74. The highest BCUT2D eigenvalue weighted by atomic mass is 32.2. The Bertz CT molecular complexity index is 1230. The van der Waals surface area contributed by atoms with Crippen molar-refractivity contribution in [2.45, 2.75) is 50.5 Å². The minimum Gasteiger partial charge on any atom is -0.496 e. The summed E-state index contributed by atoms with van der Waals surface area (Å²) in [6.45, 7) is 4.99. The number of H-pyrrole nitrogens is 1. The van der Waals surface area contributed by atoms with Crippen molar-refractivity contribution >= 4 is 27.0 Å². The molecule has 1 aliphatic heterocycles. The number of sulfonamides is 1. The molecular weight excluding hydrogens is 452 g/mol. The molecule has 9 heteroatoms. The second kappa shape index (κ2) is 10.1. The van der Waals surface area contributed by atoms with E-state index in [4.69, 9.17) is 4.74 Å². The van der Waals surface area contributed by atoms with E-state index in [-0.39, 0.29) is 16.4 Å². The quantitative estimate of drug-likeness (QED) is 0.521. The number of carbonyl (C=O) groups is 1. The van der Waals surface area contributed by atoms with Crippen LogP contribution in [0.3, 0.4) is 0 Å². The maximum absolute atomic E-state index is 13.4. The number of fused-ring (bicyclic) bond motifs is 1. The molecule has 1 saturated heterocycles. The number of methoxy groups -OCH3 is 1. The van der Waals surface area contributed by atoms with Gasteiger partial charge in [0.05, 0.1) is 34.6 Å². The fraction of sp³-hybridized carbons (Fsp3) is 0.440. The van der Waals surface area contributed by atoms with Crippen molar-refractivity contribution in [3.05, 3.63) is 53.9 Å². The Morgan fingerprint density at radius 1 is 1.09 bits per heavy atom. The van der Waals surface area contributed by atoms with Crippen molar-refractivity contribution in [3.63, 3.8) is 0 Å². The summed E-state index contributed by atoms with van der Waals surface area (Å²) >= 11 is 0. The predicted molar refractivity (Wildman–Crippen MR) is 131 cm³/mol. The molecule has 0 aliphatic carbocycles. The lowest BCUT2D eigenvalue weighted by atomic mass is 10.0. The van der Waals surface area contributed by atoms with Crippen LogP contribution >= 0.6 is 0 Å². The second-order valence-corrected chi connectivity index (χ2v) is 11.0. The highest BCUT2D eigenvalue weighted by molar-refractivity contribution is 7.89. The van der Waals surface area contributed by atoms with Gasteiger partial charge in [-0.25, -0.2) is 13.4 Å². The first-order chi connectivity index (χ1) is 16.3. The maximum Gasteiger partial charge on any atom is 0.255 e. The van der Waals surface area contributed by atoms with E-state index in [1.807, 2.05) is 38.1 Å². The minimum absolute atomic E-state index is 0.0412. The molecule has 0 bridgehead atoms. The van der Waals surface area contributed by atoms with E-state index >= 15 is 0 Å². The summed E-state index contributed by atoms with van der Waals surface area (Å²) in [7, 11) is -2.23. The molecule has 3 aromatic rings. The van der Waals surface area contributed by atoms with Crippen molar-refractivity contribution in [2.24, 2.45) is 5.92 Å². The minimum atomic E-state index is -3.70. The first-order valence-corrected chi connectivity index (χ1v) is 13.2. The van der Waals surface area contributed by atoms with E-state index in [9.17, 15) is 13.2 Å². The van der Waals surface area contributed by atoms with Crippen LogP contribution in [0.4, 0.5) is 0 Å². The number of nitrogens with one attached hydrogen (secondary N) is 2. The first-order valence-electron chi connectivity index (χ1n) is 11.7. The molecule has 182 valence electrons. The number of ether oxygens (including phenoxy) is 1. The molecule has 1 amide bonds. The zero-order valence-electron chi connectivity index (χ0n) is 19.9. The van der Waals surface area contributed by atoms with Gasteiger partial charge in [0.25, 0.3) is 5.91 Å². The van der Waals surface area contributed by atoms with Gasteiger partial charge in [-0.15, -0.1) is 0 Å². The number of hydrogen-bond donors (Lipinski definition) is 2. The molecule has 0 radical (unpaired) electrons. The van der Waals surface area contributed by atoms with E-state index in [0.29, 0.717) is 24.7 Å². The number of benzene rings is 2. The molecule has 2 aromatic carbocycles. The molecule has 0 saturated carbocycles. The fourth-order valence-corrected chi connectivity index (χ4v) is 5.89. The smallest absolute Gasteiger partial charge is 0.255 e. The van der Waals surface area contributed by atoms with Gasteiger partial charge >= 0.3 is 0 Å². The molecule has 0 spiro atoms. The summed E-state index contributed by atoms with van der Waals surface area (Å²) < 4.78 is 33.5. The molecule has 4 rings (SSSR count). The van der Waals surface area contributed by atoms with Gasteiger partial charge in [-0.05, 0) is 49.1 Å². The number of amides is 1. The summed E-state index contributed by atoms with van der Waals surface area (Å²) in [5.74, 6) is 0.597. The van der Waals surface area contributed by atoms with Gasteiger partial charge in [-0.2, -0.15) is 4.31 Å². The topological polar surface area (TPSA) is 104 Å². The van der Waals surface area contributed by atoms with Crippen LogP contribution in [0.5, 0.6) is 5.75 Å². The monoisotopic (exact) mass is 484 g/mol. The number of aromatic nitrogens is 2. The third kappa shape index (κ3) is 4.95. The van der Waals surface area contributed by atoms with Gasteiger partial charge in [-0.1, -0.05) is 38.8 Å². The van der Waals surface area contributed by atoms with E-state index in [1.165, 1.54) is 23.5 Å². The number of carbonyl (C=O) groups excluding carboxylic acids is 1. The normalized spacial score (nSPS) is 16.4. The fourth-order valence-electron chi connectivity index (χ4n) is 4.35. The maximum atomic E-state index is 13.4. The van der Waals surface area contributed by atoms with E-state index in [2.05, 4.69) is 15.3 Å². The Morgan fingerprint density at radius 3 is 2.44 bits per heavy atom. The molecule has 2 heterocycles. The molecule has 2 N–H and O–H groups in total.